The number of aromatic nitrogens is 4. The van der Waals surface area contributed by atoms with Crippen LogP contribution >= 0.6 is 0 Å². The fraction of sp³-hybridized carbons (Fsp3) is 0.312. The number of imidazole rings is 1. The van der Waals surface area contributed by atoms with Gasteiger partial charge in [0, 0.05) is 12.1 Å². The first-order valence-electron chi connectivity index (χ1n) is 7.29. The van der Waals surface area contributed by atoms with Gasteiger partial charge in [0.2, 0.25) is 0 Å². The summed E-state index contributed by atoms with van der Waals surface area (Å²) in [5.74, 6) is 0.792. The highest BCUT2D eigenvalue weighted by Gasteiger charge is 2.16. The first-order valence-corrected chi connectivity index (χ1v) is 7.29. The maximum atomic E-state index is 6.00. The summed E-state index contributed by atoms with van der Waals surface area (Å²) >= 11 is 0. The lowest BCUT2D eigenvalue weighted by Crippen LogP contribution is -2.14. The van der Waals surface area contributed by atoms with Crippen LogP contribution in [-0.2, 0) is 19.4 Å². The molecule has 0 aliphatic rings. The zero-order valence-electron chi connectivity index (χ0n) is 12.4. The lowest BCUT2D eigenvalue weighted by molar-refractivity contribution is 0.806. The molecular formula is C16H19N5. The Balaban J connectivity index is 2.27. The summed E-state index contributed by atoms with van der Waals surface area (Å²) in [5, 5.41) is 8.80. The first kappa shape index (κ1) is 13.7. The Hall–Kier alpha value is -2.27. The molecule has 21 heavy (non-hydrogen) atoms. The quantitative estimate of drug-likeness (QED) is 0.797. The van der Waals surface area contributed by atoms with Crippen molar-refractivity contribution in [2.45, 2.75) is 33.2 Å². The molecule has 5 nitrogen and oxygen atoms in total. The van der Waals surface area contributed by atoms with Crippen molar-refractivity contribution in [2.75, 3.05) is 0 Å². The zero-order valence-corrected chi connectivity index (χ0v) is 12.4. The van der Waals surface area contributed by atoms with E-state index in [1.165, 1.54) is 5.56 Å². The molecule has 108 valence electrons. The Kier molecular flexibility index (Phi) is 3.66. The van der Waals surface area contributed by atoms with Crippen LogP contribution in [0.25, 0.3) is 16.9 Å². The van der Waals surface area contributed by atoms with Crippen LogP contribution in [0.4, 0.5) is 0 Å². The van der Waals surface area contributed by atoms with Crippen LogP contribution in [0.5, 0.6) is 0 Å². The predicted octanol–water partition coefficient (Wildman–Crippen LogP) is 2.40. The topological polar surface area (TPSA) is 69.6 Å². The Morgan fingerprint density at radius 2 is 1.86 bits per heavy atom. The molecule has 0 saturated heterocycles. The average Bonchev–Trinajstić information content (AvgIpc) is 2.97. The number of nitrogens with two attached hydrogens (primary N) is 1. The fourth-order valence-electron chi connectivity index (χ4n) is 2.78. The van der Waals surface area contributed by atoms with Crippen molar-refractivity contribution in [1.82, 2.24) is 19.7 Å². The lowest BCUT2D eigenvalue weighted by Gasteiger charge is -2.14. The van der Waals surface area contributed by atoms with Crippen molar-refractivity contribution in [2.24, 2.45) is 5.73 Å². The number of rotatable bonds is 4. The van der Waals surface area contributed by atoms with E-state index < -0.39 is 0 Å². The van der Waals surface area contributed by atoms with Crippen LogP contribution in [0, 0.1) is 0 Å². The van der Waals surface area contributed by atoms with E-state index in [4.69, 9.17) is 5.73 Å². The van der Waals surface area contributed by atoms with Crippen LogP contribution in [0.3, 0.4) is 0 Å². The summed E-state index contributed by atoms with van der Waals surface area (Å²) in [4.78, 5) is 4.42. The van der Waals surface area contributed by atoms with Gasteiger partial charge in [0.25, 0.3) is 0 Å². The summed E-state index contributed by atoms with van der Waals surface area (Å²) in [6.45, 7) is 4.68. The summed E-state index contributed by atoms with van der Waals surface area (Å²) in [5.41, 5.74) is 11.3. The van der Waals surface area contributed by atoms with Gasteiger partial charge < -0.3 is 5.73 Å². The summed E-state index contributed by atoms with van der Waals surface area (Å²) < 4.78 is 1.98. The number of benzene rings is 1. The fourth-order valence-corrected chi connectivity index (χ4v) is 2.78. The number of hydrogen-bond acceptors (Lipinski definition) is 4. The van der Waals surface area contributed by atoms with E-state index in [0.717, 1.165) is 41.0 Å². The largest absolute Gasteiger partial charge is 0.326 e. The molecule has 0 saturated carbocycles. The molecule has 0 spiro atoms. The molecule has 2 heterocycles. The van der Waals surface area contributed by atoms with E-state index in [2.05, 4.69) is 29.0 Å². The van der Waals surface area contributed by atoms with E-state index in [1.54, 1.807) is 6.33 Å². The molecule has 2 aromatic heterocycles. The summed E-state index contributed by atoms with van der Waals surface area (Å²) in [6, 6.07) is 8.00. The second-order valence-corrected chi connectivity index (χ2v) is 4.94. The van der Waals surface area contributed by atoms with E-state index in [0.29, 0.717) is 6.54 Å². The lowest BCUT2D eigenvalue weighted by atomic mass is 10.0. The highest BCUT2D eigenvalue weighted by atomic mass is 15.2. The molecule has 3 aromatic rings. The third-order valence-corrected chi connectivity index (χ3v) is 3.82. The second-order valence-electron chi connectivity index (χ2n) is 4.94. The normalized spacial score (nSPS) is 11.2. The van der Waals surface area contributed by atoms with Crippen molar-refractivity contribution in [3.05, 3.63) is 47.4 Å². The standard InChI is InChI=1S/C16H19N5/c1-3-11-12(9-17)16(20-19-13(11)4-2)21-10-18-14-7-5-6-8-15(14)21/h5-8,10H,3-4,9,17H2,1-2H3. The molecule has 0 bridgehead atoms. The molecule has 1 aromatic carbocycles. The van der Waals surface area contributed by atoms with Gasteiger partial charge in [-0.2, -0.15) is 5.10 Å². The molecule has 0 aliphatic carbocycles. The molecular weight excluding hydrogens is 262 g/mol. The molecule has 0 atom stereocenters. The third kappa shape index (κ3) is 2.19. The van der Waals surface area contributed by atoms with Crippen LogP contribution in [0.2, 0.25) is 0 Å². The average molecular weight is 281 g/mol. The van der Waals surface area contributed by atoms with Gasteiger partial charge in [-0.05, 0) is 30.5 Å². The van der Waals surface area contributed by atoms with Gasteiger partial charge in [0.1, 0.15) is 6.33 Å². The molecule has 0 unspecified atom stereocenters. The molecule has 2 N–H and O–H groups in total. The van der Waals surface area contributed by atoms with E-state index >= 15 is 0 Å². The minimum absolute atomic E-state index is 0.452. The molecule has 0 fully saturated rings. The maximum absolute atomic E-state index is 6.00. The van der Waals surface area contributed by atoms with E-state index in [1.807, 2.05) is 28.8 Å². The van der Waals surface area contributed by atoms with Crippen LogP contribution in [0.1, 0.15) is 30.7 Å². The van der Waals surface area contributed by atoms with Crippen LogP contribution < -0.4 is 5.73 Å². The predicted molar refractivity (Wildman–Crippen MR) is 83.3 cm³/mol. The van der Waals surface area contributed by atoms with Gasteiger partial charge in [-0.3, -0.25) is 4.57 Å². The van der Waals surface area contributed by atoms with Crippen molar-refractivity contribution in [3.8, 4) is 5.82 Å². The highest BCUT2D eigenvalue weighted by molar-refractivity contribution is 5.77. The molecule has 0 aliphatic heterocycles. The first-order chi connectivity index (χ1) is 10.3. The highest BCUT2D eigenvalue weighted by Crippen LogP contribution is 2.23. The molecule has 5 heteroatoms. The SMILES string of the molecule is CCc1nnc(-n2cnc3ccccc32)c(CN)c1CC. The van der Waals surface area contributed by atoms with Gasteiger partial charge >= 0.3 is 0 Å². The van der Waals surface area contributed by atoms with Gasteiger partial charge in [0.05, 0.1) is 16.7 Å². The number of fused-ring (bicyclic) bond motifs is 1. The van der Waals surface area contributed by atoms with Gasteiger partial charge in [-0.25, -0.2) is 4.98 Å². The minimum Gasteiger partial charge on any atom is -0.326 e. The Morgan fingerprint density at radius 1 is 1.05 bits per heavy atom. The molecule has 0 radical (unpaired) electrons. The Morgan fingerprint density at radius 3 is 2.57 bits per heavy atom. The third-order valence-electron chi connectivity index (χ3n) is 3.82. The molecule has 0 amide bonds. The number of para-hydroxylation sites is 2. The summed E-state index contributed by atoms with van der Waals surface area (Å²) in [6.07, 6.45) is 3.57. The minimum atomic E-state index is 0.452. The smallest absolute Gasteiger partial charge is 0.165 e. The number of hydrogen-bond donors (Lipinski definition) is 1. The van der Waals surface area contributed by atoms with Gasteiger partial charge in [0.15, 0.2) is 5.82 Å². The van der Waals surface area contributed by atoms with Crippen molar-refractivity contribution in [1.29, 1.82) is 0 Å². The van der Waals surface area contributed by atoms with Crippen LogP contribution in [0.15, 0.2) is 30.6 Å². The van der Waals surface area contributed by atoms with E-state index in [-0.39, 0.29) is 0 Å². The van der Waals surface area contributed by atoms with Gasteiger partial charge in [-0.1, -0.05) is 26.0 Å². The van der Waals surface area contributed by atoms with E-state index in [9.17, 15) is 0 Å². The maximum Gasteiger partial charge on any atom is 0.165 e. The summed E-state index contributed by atoms with van der Waals surface area (Å²) in [7, 11) is 0. The second kappa shape index (κ2) is 5.61. The zero-order chi connectivity index (χ0) is 14.8. The van der Waals surface area contributed by atoms with Crippen molar-refractivity contribution < 1.29 is 0 Å². The monoisotopic (exact) mass is 281 g/mol. The Labute approximate surface area is 123 Å². The van der Waals surface area contributed by atoms with Crippen LogP contribution in [-0.4, -0.2) is 19.7 Å². The number of aryl methyl sites for hydroxylation is 1. The van der Waals surface area contributed by atoms with Gasteiger partial charge in [-0.15, -0.1) is 5.10 Å². The van der Waals surface area contributed by atoms with Crippen molar-refractivity contribution in [3.63, 3.8) is 0 Å². The van der Waals surface area contributed by atoms with Crippen molar-refractivity contribution >= 4 is 11.0 Å². The Bertz CT molecular complexity index is 775. The number of nitrogens with zero attached hydrogens (tertiary/aromatic N) is 4. The molecule has 3 rings (SSSR count).